The lowest BCUT2D eigenvalue weighted by Crippen LogP contribution is -2.55. The summed E-state index contributed by atoms with van der Waals surface area (Å²) in [6.07, 6.45) is 4.41. The summed E-state index contributed by atoms with van der Waals surface area (Å²) in [6, 6.07) is -0.315. The van der Waals surface area contributed by atoms with Gasteiger partial charge >= 0.3 is 12.0 Å². The average molecular weight is 311 g/mol. The van der Waals surface area contributed by atoms with Crippen LogP contribution in [0.4, 0.5) is 4.79 Å². The molecule has 1 aliphatic heterocycles. The van der Waals surface area contributed by atoms with Crippen molar-refractivity contribution in [3.8, 4) is 0 Å². The fourth-order valence-electron chi connectivity index (χ4n) is 2.76. The third-order valence-corrected chi connectivity index (χ3v) is 5.20. The van der Waals surface area contributed by atoms with E-state index in [0.29, 0.717) is 25.9 Å². The zero-order chi connectivity index (χ0) is 15.5. The van der Waals surface area contributed by atoms with E-state index >= 15 is 0 Å². The lowest BCUT2D eigenvalue weighted by molar-refractivity contribution is -0.148. The minimum absolute atomic E-state index is 0.315. The molecule has 7 heteroatoms. The van der Waals surface area contributed by atoms with Gasteiger partial charge in [-0.3, -0.25) is 0 Å². The first-order valence-electron chi connectivity index (χ1n) is 7.26. The van der Waals surface area contributed by atoms with E-state index in [4.69, 9.17) is 0 Å². The van der Waals surface area contributed by atoms with Crippen LogP contribution in [0.15, 0.2) is 6.20 Å². The number of hydrogen-bond acceptors (Lipinski definition) is 4. The fraction of sp³-hybridized carbons (Fsp3) is 0.643. The number of thiazole rings is 1. The summed E-state index contributed by atoms with van der Waals surface area (Å²) in [6.45, 7) is 4.71. The molecule has 0 bridgehead atoms. The molecule has 1 saturated heterocycles. The number of hydrogen-bond donors (Lipinski definition) is 2. The highest BCUT2D eigenvalue weighted by Crippen LogP contribution is 2.32. The molecule has 0 aromatic carbocycles. The number of carbonyl (C=O) groups is 2. The number of aromatic nitrogens is 1. The predicted octanol–water partition coefficient (Wildman–Crippen LogP) is 2.24. The minimum Gasteiger partial charge on any atom is -0.479 e. The second-order valence-corrected chi connectivity index (χ2v) is 6.38. The van der Waals surface area contributed by atoms with Crippen LogP contribution in [0.25, 0.3) is 0 Å². The van der Waals surface area contributed by atoms with Crippen molar-refractivity contribution in [1.29, 1.82) is 0 Å². The summed E-state index contributed by atoms with van der Waals surface area (Å²) in [5, 5.41) is 13.1. The number of carboxylic acid groups (broad SMARTS) is 1. The Bertz CT molecular complexity index is 531. The minimum atomic E-state index is -1.05. The maximum Gasteiger partial charge on any atom is 0.329 e. The fourth-order valence-corrected chi connectivity index (χ4v) is 3.56. The van der Waals surface area contributed by atoms with Crippen LogP contribution in [0.3, 0.4) is 0 Å². The van der Waals surface area contributed by atoms with Crippen molar-refractivity contribution < 1.29 is 14.7 Å². The third-order valence-electron chi connectivity index (χ3n) is 4.06. The number of urea groups is 1. The molecule has 2 N–H and O–H groups in total. The van der Waals surface area contributed by atoms with Gasteiger partial charge in [0, 0.05) is 17.6 Å². The van der Waals surface area contributed by atoms with Crippen LogP contribution in [0, 0.1) is 0 Å². The van der Waals surface area contributed by atoms with E-state index in [-0.39, 0.29) is 6.03 Å². The lowest BCUT2D eigenvalue weighted by atomic mass is 9.93. The van der Waals surface area contributed by atoms with Crippen molar-refractivity contribution in [2.75, 3.05) is 6.54 Å². The smallest absolute Gasteiger partial charge is 0.329 e. The van der Waals surface area contributed by atoms with Crippen molar-refractivity contribution in [2.24, 2.45) is 0 Å². The van der Waals surface area contributed by atoms with Crippen molar-refractivity contribution in [3.63, 3.8) is 0 Å². The van der Waals surface area contributed by atoms with Crippen LogP contribution < -0.4 is 5.32 Å². The number of carboxylic acids is 1. The third kappa shape index (κ3) is 3.02. The Morgan fingerprint density at radius 2 is 2.29 bits per heavy atom. The second-order valence-electron chi connectivity index (χ2n) is 5.18. The first-order chi connectivity index (χ1) is 10.0. The molecule has 21 heavy (non-hydrogen) atoms. The average Bonchev–Trinajstić information content (AvgIpc) is 3.11. The van der Waals surface area contributed by atoms with Crippen LogP contribution >= 0.6 is 11.3 Å². The molecule has 6 nitrogen and oxygen atoms in total. The molecule has 1 unspecified atom stereocenters. The zero-order valence-electron chi connectivity index (χ0n) is 12.4. The van der Waals surface area contributed by atoms with Gasteiger partial charge in [-0.2, -0.15) is 0 Å². The summed E-state index contributed by atoms with van der Waals surface area (Å²) in [5.41, 5.74) is -1.05. The van der Waals surface area contributed by atoms with Gasteiger partial charge < -0.3 is 15.3 Å². The summed E-state index contributed by atoms with van der Waals surface area (Å²) >= 11 is 1.57. The summed E-state index contributed by atoms with van der Waals surface area (Å²) < 4.78 is 0. The van der Waals surface area contributed by atoms with Gasteiger partial charge in [0.1, 0.15) is 10.5 Å². The van der Waals surface area contributed by atoms with Gasteiger partial charge in [0.05, 0.1) is 6.54 Å². The molecule has 2 amide bonds. The highest BCUT2D eigenvalue weighted by atomic mass is 32.1. The molecule has 1 atom stereocenters. The van der Waals surface area contributed by atoms with Crippen LogP contribution in [-0.4, -0.2) is 39.1 Å². The molecule has 0 saturated carbocycles. The highest BCUT2D eigenvalue weighted by Gasteiger charge is 2.48. The Morgan fingerprint density at radius 3 is 2.86 bits per heavy atom. The molecule has 0 aliphatic carbocycles. The standard InChI is InChI=1S/C14H21N3O3S/c1-3-10-8-15-11(21-10)9-16-13(20)17-7-5-6-14(17,4-2)12(18)19/h8H,3-7,9H2,1-2H3,(H,16,20)(H,18,19). The molecule has 116 valence electrons. The van der Waals surface area contributed by atoms with Crippen LogP contribution in [0.5, 0.6) is 0 Å². The van der Waals surface area contributed by atoms with E-state index in [9.17, 15) is 14.7 Å². The van der Waals surface area contributed by atoms with Gasteiger partial charge in [0.2, 0.25) is 0 Å². The first kappa shape index (κ1) is 15.8. The number of aliphatic carboxylic acids is 1. The molecule has 1 aromatic rings. The van der Waals surface area contributed by atoms with Crippen molar-refractivity contribution >= 4 is 23.3 Å². The van der Waals surface area contributed by atoms with E-state index in [1.807, 2.05) is 13.1 Å². The van der Waals surface area contributed by atoms with Crippen molar-refractivity contribution in [1.82, 2.24) is 15.2 Å². The first-order valence-corrected chi connectivity index (χ1v) is 8.07. The Hall–Kier alpha value is -1.63. The molecule has 1 fully saturated rings. The molecule has 2 heterocycles. The largest absolute Gasteiger partial charge is 0.479 e. The van der Waals surface area contributed by atoms with E-state index in [1.165, 1.54) is 9.78 Å². The highest BCUT2D eigenvalue weighted by molar-refractivity contribution is 7.11. The molecule has 0 spiro atoms. The lowest BCUT2D eigenvalue weighted by Gasteiger charge is -2.33. The predicted molar refractivity (Wildman–Crippen MR) is 80.3 cm³/mol. The summed E-state index contributed by atoms with van der Waals surface area (Å²) in [4.78, 5) is 30.7. The molecular weight excluding hydrogens is 290 g/mol. The van der Waals surface area contributed by atoms with Gasteiger partial charge in [0.15, 0.2) is 0 Å². The van der Waals surface area contributed by atoms with E-state index in [0.717, 1.165) is 17.8 Å². The van der Waals surface area contributed by atoms with Crippen molar-refractivity contribution in [3.05, 3.63) is 16.1 Å². The van der Waals surface area contributed by atoms with Crippen molar-refractivity contribution in [2.45, 2.75) is 51.6 Å². The Kier molecular flexibility index (Phi) is 4.82. The van der Waals surface area contributed by atoms with Gasteiger partial charge in [-0.05, 0) is 25.7 Å². The molecule has 2 rings (SSSR count). The number of likely N-dealkylation sites (tertiary alicyclic amines) is 1. The zero-order valence-corrected chi connectivity index (χ0v) is 13.2. The molecular formula is C14H21N3O3S. The Balaban J connectivity index is 2.00. The number of rotatable bonds is 5. The number of aryl methyl sites for hydroxylation is 1. The molecule has 1 aliphatic rings. The molecule has 1 aromatic heterocycles. The number of nitrogens with one attached hydrogen (secondary N) is 1. The van der Waals surface area contributed by atoms with Gasteiger partial charge in [-0.15, -0.1) is 11.3 Å². The maximum atomic E-state index is 12.3. The number of nitrogens with zero attached hydrogens (tertiary/aromatic N) is 2. The normalized spacial score (nSPS) is 21.5. The Labute approximate surface area is 128 Å². The van der Waals surface area contributed by atoms with Gasteiger partial charge in [0.25, 0.3) is 0 Å². The van der Waals surface area contributed by atoms with Gasteiger partial charge in [-0.25, -0.2) is 14.6 Å². The summed E-state index contributed by atoms with van der Waals surface area (Å²) in [7, 11) is 0. The summed E-state index contributed by atoms with van der Waals surface area (Å²) in [5.74, 6) is -0.917. The quantitative estimate of drug-likeness (QED) is 0.873. The number of carbonyl (C=O) groups excluding carboxylic acids is 1. The van der Waals surface area contributed by atoms with Crippen LogP contribution in [0.2, 0.25) is 0 Å². The van der Waals surface area contributed by atoms with Crippen LogP contribution in [0.1, 0.15) is 43.0 Å². The van der Waals surface area contributed by atoms with E-state index in [1.54, 1.807) is 11.3 Å². The topological polar surface area (TPSA) is 82.5 Å². The molecule has 0 radical (unpaired) electrons. The monoisotopic (exact) mass is 311 g/mol. The maximum absolute atomic E-state index is 12.3. The SMILES string of the molecule is CCc1cnc(CNC(=O)N2CCCC2(CC)C(=O)O)s1. The van der Waals surface area contributed by atoms with E-state index in [2.05, 4.69) is 17.2 Å². The second kappa shape index (κ2) is 6.43. The van der Waals surface area contributed by atoms with Crippen LogP contribution in [-0.2, 0) is 17.8 Å². The Morgan fingerprint density at radius 1 is 1.52 bits per heavy atom. The van der Waals surface area contributed by atoms with E-state index < -0.39 is 11.5 Å². The number of amides is 2. The van der Waals surface area contributed by atoms with Gasteiger partial charge in [-0.1, -0.05) is 13.8 Å².